The van der Waals surface area contributed by atoms with Crippen molar-refractivity contribution in [1.29, 1.82) is 0 Å². The molecular weight excluding hydrogens is 372 g/mol. The average molecular weight is 396 g/mol. The molecule has 1 aromatic carbocycles. The second kappa shape index (κ2) is 6.74. The van der Waals surface area contributed by atoms with E-state index >= 15 is 0 Å². The Kier molecular flexibility index (Phi) is 4.29. The lowest BCUT2D eigenvalue weighted by Gasteiger charge is -2.36. The average Bonchev–Trinajstić information content (AvgIpc) is 3.04. The minimum Gasteiger partial charge on any atom is -0.327 e. The third-order valence-corrected chi connectivity index (χ3v) is 6.93. The van der Waals surface area contributed by atoms with Gasteiger partial charge in [0.05, 0.1) is 11.1 Å². The molecule has 152 valence electrons. The zero-order chi connectivity index (χ0) is 20.3. The van der Waals surface area contributed by atoms with Gasteiger partial charge in [0.25, 0.3) is 11.8 Å². The molecule has 3 fully saturated rings. The second-order valence-electron chi connectivity index (χ2n) is 8.66. The third-order valence-electron chi connectivity index (χ3n) is 6.93. The predicted octanol–water partition coefficient (Wildman–Crippen LogP) is 0.257. The van der Waals surface area contributed by atoms with Crippen molar-refractivity contribution in [2.24, 2.45) is 17.6 Å². The number of amides is 4. The summed E-state index contributed by atoms with van der Waals surface area (Å²) in [4.78, 5) is 53.2. The highest BCUT2D eigenvalue weighted by Gasteiger charge is 2.46. The summed E-state index contributed by atoms with van der Waals surface area (Å²) in [5, 5.41) is 2.23. The smallest absolute Gasteiger partial charge is 0.262 e. The molecule has 3 N–H and O–H groups in total. The highest BCUT2D eigenvalue weighted by molar-refractivity contribution is 6.24. The number of rotatable bonds is 3. The van der Waals surface area contributed by atoms with E-state index in [1.165, 1.54) is 0 Å². The number of nitrogens with one attached hydrogen (secondary N) is 1. The van der Waals surface area contributed by atoms with E-state index in [-0.39, 0.29) is 24.8 Å². The fourth-order valence-electron chi connectivity index (χ4n) is 5.45. The van der Waals surface area contributed by atoms with E-state index in [1.54, 1.807) is 12.1 Å². The predicted molar refractivity (Wildman–Crippen MR) is 103 cm³/mol. The molecule has 8 nitrogen and oxygen atoms in total. The van der Waals surface area contributed by atoms with Gasteiger partial charge in [-0.1, -0.05) is 12.1 Å². The number of likely N-dealkylation sites (tertiary alicyclic amines) is 1. The Hall–Kier alpha value is -2.58. The Morgan fingerprint density at radius 2 is 1.72 bits per heavy atom. The van der Waals surface area contributed by atoms with E-state index in [9.17, 15) is 19.2 Å². The van der Waals surface area contributed by atoms with Crippen molar-refractivity contribution in [3.05, 3.63) is 34.9 Å². The number of carbonyl (C=O) groups is 4. The van der Waals surface area contributed by atoms with Crippen LogP contribution in [0, 0.1) is 11.8 Å². The van der Waals surface area contributed by atoms with Gasteiger partial charge in [-0.05, 0) is 42.7 Å². The van der Waals surface area contributed by atoms with Gasteiger partial charge in [0.15, 0.2) is 0 Å². The van der Waals surface area contributed by atoms with Crippen LogP contribution >= 0.6 is 0 Å². The van der Waals surface area contributed by atoms with Crippen LogP contribution in [0.1, 0.15) is 52.0 Å². The highest BCUT2D eigenvalue weighted by Crippen LogP contribution is 2.37. The van der Waals surface area contributed by atoms with Crippen LogP contribution in [-0.4, -0.2) is 58.6 Å². The fourth-order valence-corrected chi connectivity index (χ4v) is 5.45. The zero-order valence-electron chi connectivity index (χ0n) is 16.1. The van der Waals surface area contributed by atoms with Crippen LogP contribution in [0.25, 0.3) is 0 Å². The highest BCUT2D eigenvalue weighted by atomic mass is 16.2. The maximum atomic E-state index is 13.2. The minimum atomic E-state index is -0.934. The number of imide groups is 2. The van der Waals surface area contributed by atoms with Crippen LogP contribution in [0.15, 0.2) is 18.2 Å². The molecule has 4 aliphatic rings. The summed E-state index contributed by atoms with van der Waals surface area (Å²) in [6.07, 6.45) is 2.58. The Morgan fingerprint density at radius 3 is 2.41 bits per heavy atom. The van der Waals surface area contributed by atoms with Crippen LogP contribution in [0.5, 0.6) is 0 Å². The molecule has 1 aromatic rings. The Morgan fingerprint density at radius 1 is 1.00 bits per heavy atom. The Labute approximate surface area is 168 Å². The summed E-state index contributed by atoms with van der Waals surface area (Å²) in [7, 11) is 0. The molecule has 0 radical (unpaired) electrons. The minimum absolute atomic E-state index is 0.119. The molecule has 4 amide bonds. The lowest BCUT2D eigenvalue weighted by Crippen LogP contribution is -2.54. The summed E-state index contributed by atoms with van der Waals surface area (Å²) in [6.45, 7) is 2.39. The molecule has 2 saturated heterocycles. The lowest BCUT2D eigenvalue weighted by molar-refractivity contribution is -0.136. The summed E-state index contributed by atoms with van der Waals surface area (Å²) < 4.78 is 0. The normalized spacial score (nSPS) is 32.0. The van der Waals surface area contributed by atoms with Crippen molar-refractivity contribution >= 4 is 23.6 Å². The van der Waals surface area contributed by atoms with E-state index in [4.69, 9.17) is 5.73 Å². The number of fused-ring (bicyclic) bond motifs is 3. The van der Waals surface area contributed by atoms with Crippen LogP contribution in [0.3, 0.4) is 0 Å². The molecular formula is C21H24N4O4. The van der Waals surface area contributed by atoms with Crippen LogP contribution in [0.4, 0.5) is 0 Å². The molecule has 3 aliphatic heterocycles. The van der Waals surface area contributed by atoms with Gasteiger partial charge >= 0.3 is 0 Å². The maximum Gasteiger partial charge on any atom is 0.262 e. The monoisotopic (exact) mass is 396 g/mol. The van der Waals surface area contributed by atoms with Crippen molar-refractivity contribution < 1.29 is 19.2 Å². The molecule has 8 heteroatoms. The number of nitrogens with zero attached hydrogens (tertiary/aromatic N) is 2. The van der Waals surface area contributed by atoms with Crippen LogP contribution in [-0.2, 0) is 16.1 Å². The van der Waals surface area contributed by atoms with E-state index in [0.717, 1.165) is 36.4 Å². The first kappa shape index (κ1) is 18.4. The number of benzene rings is 1. The van der Waals surface area contributed by atoms with Gasteiger partial charge in [-0.3, -0.25) is 34.3 Å². The van der Waals surface area contributed by atoms with Gasteiger partial charge in [-0.2, -0.15) is 0 Å². The quantitative estimate of drug-likeness (QED) is 0.709. The molecule has 0 spiro atoms. The van der Waals surface area contributed by atoms with Crippen molar-refractivity contribution in [3.8, 4) is 0 Å². The van der Waals surface area contributed by atoms with E-state index in [0.29, 0.717) is 29.5 Å². The number of hydrogen-bond acceptors (Lipinski definition) is 6. The topological polar surface area (TPSA) is 113 Å². The van der Waals surface area contributed by atoms with Crippen LogP contribution < -0.4 is 11.1 Å². The van der Waals surface area contributed by atoms with E-state index < -0.39 is 23.8 Å². The SMILES string of the molecule is NC1C2CCC1CN(Cc1cccc3c1C(=O)N(C1CCC(=O)NC1=O)C3=O)C2. The van der Waals surface area contributed by atoms with Crippen molar-refractivity contribution in [2.75, 3.05) is 13.1 Å². The number of piperidine rings is 2. The van der Waals surface area contributed by atoms with E-state index in [2.05, 4.69) is 10.2 Å². The van der Waals surface area contributed by atoms with Crippen molar-refractivity contribution in [1.82, 2.24) is 15.1 Å². The van der Waals surface area contributed by atoms with Crippen molar-refractivity contribution in [3.63, 3.8) is 0 Å². The summed E-state index contributed by atoms with van der Waals surface area (Å²) in [5.74, 6) is -0.875. The first-order chi connectivity index (χ1) is 13.9. The number of carbonyl (C=O) groups excluding carboxylic acids is 4. The Bertz CT molecular complexity index is 915. The van der Waals surface area contributed by atoms with Crippen molar-refractivity contribution in [2.45, 2.75) is 44.3 Å². The molecule has 2 bridgehead atoms. The number of nitrogens with two attached hydrogens (primary N) is 1. The summed E-state index contributed by atoms with van der Waals surface area (Å²) in [5.41, 5.74) is 7.85. The second-order valence-corrected chi connectivity index (χ2v) is 8.66. The van der Waals surface area contributed by atoms with Gasteiger partial charge in [0.2, 0.25) is 11.8 Å². The lowest BCUT2D eigenvalue weighted by atomic mass is 9.92. The van der Waals surface area contributed by atoms with Gasteiger partial charge in [0.1, 0.15) is 6.04 Å². The van der Waals surface area contributed by atoms with Gasteiger partial charge in [-0.15, -0.1) is 0 Å². The third kappa shape index (κ3) is 2.89. The molecule has 3 heterocycles. The van der Waals surface area contributed by atoms with Gasteiger partial charge in [-0.25, -0.2) is 0 Å². The molecule has 0 aromatic heterocycles. The summed E-state index contributed by atoms with van der Waals surface area (Å²) in [6, 6.07) is 4.64. The molecule has 29 heavy (non-hydrogen) atoms. The summed E-state index contributed by atoms with van der Waals surface area (Å²) >= 11 is 0. The molecule has 3 unspecified atom stereocenters. The zero-order valence-corrected chi connectivity index (χ0v) is 16.1. The number of hydrogen-bond donors (Lipinski definition) is 2. The molecule has 1 aliphatic carbocycles. The maximum absolute atomic E-state index is 13.2. The largest absolute Gasteiger partial charge is 0.327 e. The molecule has 3 atom stereocenters. The molecule has 5 rings (SSSR count). The fraction of sp³-hybridized carbons (Fsp3) is 0.524. The van der Waals surface area contributed by atoms with Gasteiger partial charge in [0, 0.05) is 32.1 Å². The molecule has 1 saturated carbocycles. The standard InChI is InChI=1S/C21H24N4O4/c22-18-12-4-5-13(18)10-24(9-12)8-11-2-1-3-14-17(11)21(29)25(20(14)28)15-6-7-16(26)23-19(15)27/h1-3,12-13,15,18H,4-10,22H2,(H,23,26,27). The first-order valence-corrected chi connectivity index (χ1v) is 10.3. The van der Waals surface area contributed by atoms with E-state index in [1.807, 2.05) is 6.07 Å². The Balaban J connectivity index is 1.41. The van der Waals surface area contributed by atoms with Crippen LogP contribution in [0.2, 0.25) is 0 Å². The first-order valence-electron chi connectivity index (χ1n) is 10.3. The van der Waals surface area contributed by atoms with Gasteiger partial charge < -0.3 is 5.73 Å².